The van der Waals surface area contributed by atoms with E-state index in [4.69, 9.17) is 4.74 Å². The van der Waals surface area contributed by atoms with Gasteiger partial charge in [0, 0.05) is 6.61 Å². The fraction of sp³-hybridized carbons (Fsp3) is 0.778. The number of hydrogen-bond donors (Lipinski definition) is 0. The molecule has 0 aliphatic rings. The molecule has 0 saturated heterocycles. The van der Waals surface area contributed by atoms with E-state index in [2.05, 4.69) is 65.8 Å². The van der Waals surface area contributed by atoms with Crippen LogP contribution in [0.5, 0.6) is 0 Å². The quantitative estimate of drug-likeness (QED) is 0.0823. The van der Waals surface area contributed by atoms with Crippen molar-refractivity contribution in [3.05, 3.63) is 46.6 Å². The number of rotatable bonds is 26. The van der Waals surface area contributed by atoms with E-state index in [1.807, 2.05) is 0 Å². The molecule has 0 radical (unpaired) electrons. The number of hydrogen-bond acceptors (Lipinski definition) is 1. The van der Waals surface area contributed by atoms with Crippen molar-refractivity contribution in [2.75, 3.05) is 13.2 Å². The van der Waals surface area contributed by atoms with Crippen LogP contribution in [0.15, 0.2) is 46.6 Å². The van der Waals surface area contributed by atoms with Gasteiger partial charge in [0.05, 0.1) is 6.61 Å². The maximum absolute atomic E-state index is 5.85. The van der Waals surface area contributed by atoms with Gasteiger partial charge >= 0.3 is 0 Å². The smallest absolute Gasteiger partial charge is 0.0649 e. The summed E-state index contributed by atoms with van der Waals surface area (Å²) in [5.74, 6) is 0. The van der Waals surface area contributed by atoms with E-state index in [1.165, 1.54) is 138 Å². The highest BCUT2D eigenvalue weighted by Crippen LogP contribution is 2.15. The third-order valence-corrected chi connectivity index (χ3v) is 7.35. The molecule has 1 heteroatoms. The topological polar surface area (TPSA) is 9.23 Å². The highest BCUT2D eigenvalue weighted by Gasteiger charge is 1.96. The Morgan fingerprint density at radius 3 is 1.27 bits per heavy atom. The van der Waals surface area contributed by atoms with E-state index in [1.54, 1.807) is 0 Å². The van der Waals surface area contributed by atoms with Gasteiger partial charge < -0.3 is 4.74 Å². The molecule has 1 nitrogen and oxygen atoms in total. The van der Waals surface area contributed by atoms with Gasteiger partial charge in [0.2, 0.25) is 0 Å². The van der Waals surface area contributed by atoms with Crippen LogP contribution >= 0.6 is 0 Å². The Hall–Kier alpha value is -1.08. The second-order valence-electron chi connectivity index (χ2n) is 11.7. The average Bonchev–Trinajstić information content (AvgIpc) is 2.85. The van der Waals surface area contributed by atoms with E-state index >= 15 is 0 Å². The molecule has 0 saturated carbocycles. The van der Waals surface area contributed by atoms with E-state index in [0.717, 1.165) is 26.1 Å². The van der Waals surface area contributed by atoms with Crippen molar-refractivity contribution in [2.24, 2.45) is 0 Å². The molecule has 0 heterocycles. The Bertz CT molecular complexity index is 615. The van der Waals surface area contributed by atoms with Crippen molar-refractivity contribution in [3.8, 4) is 0 Å². The highest BCUT2D eigenvalue weighted by atomic mass is 16.5. The normalized spacial score (nSPS) is 12.9. The summed E-state index contributed by atoms with van der Waals surface area (Å²) in [5.41, 5.74) is 5.93. The Labute approximate surface area is 234 Å². The standard InChI is InChI=1S/C36H66O/c1-7-8-9-10-11-12-13-14-15-16-17-18-19-20-31-37-32-30-36(6)29-23-28-35(5)27-22-26-34(4)25-21-24-33(2)3/h24,26,28,30H,7-23,25,27,29,31-32H2,1-6H3. The van der Waals surface area contributed by atoms with Crippen molar-refractivity contribution in [1.29, 1.82) is 0 Å². The monoisotopic (exact) mass is 515 g/mol. The van der Waals surface area contributed by atoms with Crippen LogP contribution in [0, 0.1) is 0 Å². The fourth-order valence-corrected chi connectivity index (χ4v) is 4.67. The van der Waals surface area contributed by atoms with Gasteiger partial charge in [0.1, 0.15) is 0 Å². The lowest BCUT2D eigenvalue weighted by Crippen LogP contribution is -1.95. The van der Waals surface area contributed by atoms with Crippen LogP contribution in [-0.2, 0) is 4.74 Å². The Morgan fingerprint density at radius 2 is 0.838 bits per heavy atom. The summed E-state index contributed by atoms with van der Waals surface area (Å²) < 4.78 is 5.85. The molecule has 0 N–H and O–H groups in total. The van der Waals surface area contributed by atoms with E-state index in [-0.39, 0.29) is 0 Å². The highest BCUT2D eigenvalue weighted by molar-refractivity contribution is 5.07. The van der Waals surface area contributed by atoms with Gasteiger partial charge in [0.25, 0.3) is 0 Å². The van der Waals surface area contributed by atoms with Gasteiger partial charge in [-0.15, -0.1) is 0 Å². The zero-order valence-electron chi connectivity index (χ0n) is 26.3. The van der Waals surface area contributed by atoms with Crippen LogP contribution in [0.1, 0.15) is 170 Å². The summed E-state index contributed by atoms with van der Waals surface area (Å²) in [6.45, 7) is 15.2. The fourth-order valence-electron chi connectivity index (χ4n) is 4.67. The summed E-state index contributed by atoms with van der Waals surface area (Å²) >= 11 is 0. The lowest BCUT2D eigenvalue weighted by molar-refractivity contribution is 0.156. The van der Waals surface area contributed by atoms with Crippen LogP contribution < -0.4 is 0 Å². The summed E-state index contributed by atoms with van der Waals surface area (Å²) in [6, 6.07) is 0. The number of unbranched alkanes of at least 4 members (excludes halogenated alkanes) is 13. The maximum Gasteiger partial charge on any atom is 0.0649 e. The summed E-state index contributed by atoms with van der Waals surface area (Å²) in [4.78, 5) is 0. The van der Waals surface area contributed by atoms with E-state index in [9.17, 15) is 0 Å². The molecular formula is C36H66O. The van der Waals surface area contributed by atoms with Gasteiger partial charge in [-0.2, -0.15) is 0 Å². The number of allylic oxidation sites excluding steroid dienone is 7. The Morgan fingerprint density at radius 1 is 0.459 bits per heavy atom. The largest absolute Gasteiger partial charge is 0.377 e. The van der Waals surface area contributed by atoms with E-state index < -0.39 is 0 Å². The molecule has 0 rings (SSSR count). The second-order valence-corrected chi connectivity index (χ2v) is 11.7. The van der Waals surface area contributed by atoms with Crippen LogP contribution in [-0.4, -0.2) is 13.2 Å². The second kappa shape index (κ2) is 27.9. The van der Waals surface area contributed by atoms with Gasteiger partial charge in [-0.1, -0.05) is 137 Å². The third-order valence-electron chi connectivity index (χ3n) is 7.35. The van der Waals surface area contributed by atoms with Crippen molar-refractivity contribution in [2.45, 2.75) is 170 Å². The predicted octanol–water partition coefficient (Wildman–Crippen LogP) is 12.6. The molecule has 0 atom stereocenters. The van der Waals surface area contributed by atoms with E-state index in [0.29, 0.717) is 0 Å². The lowest BCUT2D eigenvalue weighted by Gasteiger charge is -2.05. The molecule has 0 aromatic rings. The maximum atomic E-state index is 5.85. The minimum atomic E-state index is 0.782. The molecule has 216 valence electrons. The third kappa shape index (κ3) is 29.3. The van der Waals surface area contributed by atoms with Crippen LogP contribution in [0.2, 0.25) is 0 Å². The van der Waals surface area contributed by atoms with Crippen molar-refractivity contribution < 1.29 is 4.74 Å². The average molecular weight is 515 g/mol. The summed E-state index contributed by atoms with van der Waals surface area (Å²) in [5, 5.41) is 0. The van der Waals surface area contributed by atoms with Gasteiger partial charge in [-0.3, -0.25) is 0 Å². The lowest BCUT2D eigenvalue weighted by atomic mass is 10.0. The predicted molar refractivity (Wildman–Crippen MR) is 170 cm³/mol. The summed E-state index contributed by atoms with van der Waals surface area (Å²) in [7, 11) is 0. The molecule has 0 aromatic heterocycles. The zero-order valence-corrected chi connectivity index (χ0v) is 26.3. The molecular weight excluding hydrogens is 448 g/mol. The first kappa shape index (κ1) is 35.9. The Balaban J connectivity index is 3.56. The zero-order chi connectivity index (χ0) is 27.4. The number of ether oxygens (including phenoxy) is 1. The molecule has 0 amide bonds. The van der Waals surface area contributed by atoms with Crippen LogP contribution in [0.3, 0.4) is 0 Å². The molecule has 0 spiro atoms. The first-order valence-corrected chi connectivity index (χ1v) is 16.1. The van der Waals surface area contributed by atoms with Gasteiger partial charge in [-0.25, -0.2) is 0 Å². The van der Waals surface area contributed by atoms with Gasteiger partial charge in [-0.05, 0) is 79.6 Å². The molecule has 0 unspecified atom stereocenters. The molecule has 37 heavy (non-hydrogen) atoms. The molecule has 0 aromatic carbocycles. The Kier molecular flexibility index (Phi) is 27.1. The van der Waals surface area contributed by atoms with Crippen molar-refractivity contribution in [1.82, 2.24) is 0 Å². The SMILES string of the molecule is CCCCCCCCCCCCCCCCOCC=C(C)CCC=C(C)CCC=C(C)CCC=C(C)C. The minimum Gasteiger partial charge on any atom is -0.377 e. The molecule has 0 aliphatic heterocycles. The van der Waals surface area contributed by atoms with Gasteiger partial charge in [0.15, 0.2) is 0 Å². The van der Waals surface area contributed by atoms with Crippen LogP contribution in [0.25, 0.3) is 0 Å². The first-order valence-electron chi connectivity index (χ1n) is 16.1. The minimum absolute atomic E-state index is 0.782. The van der Waals surface area contributed by atoms with Crippen molar-refractivity contribution in [3.63, 3.8) is 0 Å². The summed E-state index contributed by atoms with van der Waals surface area (Å²) in [6.07, 6.45) is 36.2. The molecule has 0 aliphatic carbocycles. The molecule has 0 bridgehead atoms. The first-order chi connectivity index (χ1) is 18.0. The van der Waals surface area contributed by atoms with Crippen LogP contribution in [0.4, 0.5) is 0 Å². The molecule has 0 fully saturated rings. The van der Waals surface area contributed by atoms with Crippen molar-refractivity contribution >= 4 is 0 Å².